The number of hydrogen-bond donors (Lipinski definition) is 2. The molecule has 0 saturated heterocycles. The molecule has 178 valence electrons. The van der Waals surface area contributed by atoms with Gasteiger partial charge in [0.15, 0.2) is 5.82 Å². The Labute approximate surface area is 195 Å². The Morgan fingerprint density at radius 1 is 1.19 bits per heavy atom. The maximum absolute atomic E-state index is 12.8. The molecule has 11 heteroatoms. The van der Waals surface area contributed by atoms with E-state index in [-0.39, 0.29) is 22.6 Å². The van der Waals surface area contributed by atoms with Gasteiger partial charge in [0, 0.05) is 24.7 Å². The number of carbonyl (C=O) groups excluding carboxylic acids is 1. The number of nitrogen functional groups attached to an aromatic ring is 1. The normalized spacial score (nSPS) is 13.0. The van der Waals surface area contributed by atoms with Crippen molar-refractivity contribution in [3.63, 3.8) is 0 Å². The summed E-state index contributed by atoms with van der Waals surface area (Å²) >= 11 is 1.18. The summed E-state index contributed by atoms with van der Waals surface area (Å²) in [6.45, 7) is 10.7. The molecule has 1 aromatic heterocycles. The van der Waals surface area contributed by atoms with Crippen molar-refractivity contribution in [2.45, 2.75) is 63.6 Å². The quantitative estimate of drug-likeness (QED) is 0.352. The van der Waals surface area contributed by atoms with Gasteiger partial charge < -0.3 is 11.2 Å². The lowest BCUT2D eigenvalue weighted by atomic mass is 10.0. The van der Waals surface area contributed by atoms with Gasteiger partial charge in [0.2, 0.25) is 21.1 Å². The van der Waals surface area contributed by atoms with Crippen LogP contribution in [-0.4, -0.2) is 58.4 Å². The summed E-state index contributed by atoms with van der Waals surface area (Å²) in [5.41, 5.74) is 0.534. The van der Waals surface area contributed by atoms with Crippen molar-refractivity contribution in [2.75, 3.05) is 24.7 Å². The second kappa shape index (κ2) is 11.7. The molecule has 1 heterocycles. The zero-order valence-corrected chi connectivity index (χ0v) is 21.0. The largest absolute Gasteiger partial charge is 0.353 e. The Morgan fingerprint density at radius 2 is 1.88 bits per heavy atom. The minimum atomic E-state index is -3.60. The molecule has 0 saturated carbocycles. The van der Waals surface area contributed by atoms with Crippen LogP contribution in [0.25, 0.3) is 11.4 Å². The summed E-state index contributed by atoms with van der Waals surface area (Å²) in [6.07, 6.45) is 1.98. The van der Waals surface area contributed by atoms with Crippen LogP contribution in [0.3, 0.4) is 0 Å². The molecule has 0 fully saturated rings. The second-order valence-corrected chi connectivity index (χ2v) is 10.9. The third-order valence-corrected chi connectivity index (χ3v) is 8.01. The van der Waals surface area contributed by atoms with Gasteiger partial charge in [0.05, 0.1) is 10.6 Å². The van der Waals surface area contributed by atoms with Crippen LogP contribution in [0, 0.1) is 5.92 Å². The summed E-state index contributed by atoms with van der Waals surface area (Å²) in [5.74, 6) is 7.15. The smallest absolute Gasteiger partial charge is 0.243 e. The van der Waals surface area contributed by atoms with Crippen molar-refractivity contribution in [2.24, 2.45) is 5.92 Å². The average molecular weight is 483 g/mol. The summed E-state index contributed by atoms with van der Waals surface area (Å²) in [7, 11) is -3.60. The van der Waals surface area contributed by atoms with E-state index in [1.165, 1.54) is 20.7 Å². The van der Waals surface area contributed by atoms with E-state index in [0.717, 1.165) is 12.8 Å². The molecule has 3 N–H and O–H groups in total. The lowest BCUT2D eigenvalue weighted by Crippen LogP contribution is -2.34. The lowest BCUT2D eigenvalue weighted by molar-refractivity contribution is -0.119. The zero-order valence-electron chi connectivity index (χ0n) is 19.4. The van der Waals surface area contributed by atoms with Crippen LogP contribution in [0.2, 0.25) is 0 Å². The highest BCUT2D eigenvalue weighted by atomic mass is 32.2. The molecule has 9 nitrogen and oxygen atoms in total. The Hall–Kier alpha value is -2.11. The first-order valence-electron chi connectivity index (χ1n) is 10.8. The van der Waals surface area contributed by atoms with Gasteiger partial charge in [-0.05, 0) is 37.8 Å². The third-order valence-electron chi connectivity index (χ3n) is 5.02. The molecule has 1 atom stereocenters. The SMILES string of the molecule is CCN(CC)S(=O)(=O)c1cccc(-c2nnc(SCC(=O)NC(C)CCC(C)C)n2N)c1. The van der Waals surface area contributed by atoms with Gasteiger partial charge in [-0.2, -0.15) is 4.31 Å². The standard InChI is InChI=1S/C21H34N6O3S2/c1-6-26(7-2)32(29,30)18-10-8-9-17(13-18)20-24-25-21(27(20)22)31-14-19(28)23-16(5)12-11-15(3)4/h8-10,13,15-16H,6-7,11-12,14,22H2,1-5H3,(H,23,28). The Bertz CT molecular complexity index is 1000. The van der Waals surface area contributed by atoms with E-state index in [1.54, 1.807) is 38.1 Å². The van der Waals surface area contributed by atoms with Gasteiger partial charge in [-0.25, -0.2) is 13.1 Å². The number of sulfonamides is 1. The van der Waals surface area contributed by atoms with Gasteiger partial charge in [-0.3, -0.25) is 4.79 Å². The molecule has 1 aromatic carbocycles. The summed E-state index contributed by atoms with van der Waals surface area (Å²) in [4.78, 5) is 12.4. The summed E-state index contributed by atoms with van der Waals surface area (Å²) in [6, 6.07) is 6.58. The van der Waals surface area contributed by atoms with Crippen molar-refractivity contribution < 1.29 is 13.2 Å². The van der Waals surface area contributed by atoms with Gasteiger partial charge >= 0.3 is 0 Å². The van der Waals surface area contributed by atoms with Crippen molar-refractivity contribution in [3.05, 3.63) is 24.3 Å². The number of carbonyl (C=O) groups is 1. The fraction of sp³-hybridized carbons (Fsp3) is 0.571. The monoisotopic (exact) mass is 482 g/mol. The molecule has 0 radical (unpaired) electrons. The number of aromatic nitrogens is 3. The molecule has 0 bridgehead atoms. The van der Waals surface area contributed by atoms with Crippen LogP contribution >= 0.6 is 11.8 Å². The third kappa shape index (κ3) is 6.69. The number of nitrogens with zero attached hydrogens (tertiary/aromatic N) is 4. The molecule has 0 aliphatic carbocycles. The number of nitrogens with two attached hydrogens (primary N) is 1. The fourth-order valence-electron chi connectivity index (χ4n) is 3.18. The molecule has 1 unspecified atom stereocenters. The van der Waals surface area contributed by atoms with E-state index >= 15 is 0 Å². The van der Waals surface area contributed by atoms with E-state index in [9.17, 15) is 13.2 Å². The first kappa shape index (κ1) is 26.1. The summed E-state index contributed by atoms with van der Waals surface area (Å²) < 4.78 is 28.3. The molecule has 2 rings (SSSR count). The molecule has 1 amide bonds. The van der Waals surface area contributed by atoms with Crippen LogP contribution in [0.5, 0.6) is 0 Å². The van der Waals surface area contributed by atoms with Crippen LogP contribution in [0.1, 0.15) is 47.5 Å². The van der Waals surface area contributed by atoms with Crippen LogP contribution < -0.4 is 11.2 Å². The average Bonchev–Trinajstić information content (AvgIpc) is 3.12. The predicted octanol–water partition coefficient (Wildman–Crippen LogP) is 2.72. The minimum absolute atomic E-state index is 0.0943. The molecule has 32 heavy (non-hydrogen) atoms. The first-order valence-corrected chi connectivity index (χ1v) is 13.3. The topological polar surface area (TPSA) is 123 Å². The zero-order chi connectivity index (χ0) is 23.9. The van der Waals surface area contributed by atoms with Gasteiger partial charge in [0.1, 0.15) is 0 Å². The number of hydrogen-bond acceptors (Lipinski definition) is 7. The molecular formula is C21H34N6O3S2. The van der Waals surface area contributed by atoms with Crippen molar-refractivity contribution in [3.8, 4) is 11.4 Å². The Kier molecular flexibility index (Phi) is 9.53. The number of benzene rings is 1. The van der Waals surface area contributed by atoms with E-state index in [1.807, 2.05) is 6.92 Å². The number of nitrogens with one attached hydrogen (secondary N) is 1. The molecular weight excluding hydrogens is 448 g/mol. The minimum Gasteiger partial charge on any atom is -0.353 e. The lowest BCUT2D eigenvalue weighted by Gasteiger charge is -2.18. The Morgan fingerprint density at radius 3 is 2.50 bits per heavy atom. The Balaban J connectivity index is 2.09. The van der Waals surface area contributed by atoms with Crippen molar-refractivity contribution in [1.82, 2.24) is 24.5 Å². The first-order chi connectivity index (χ1) is 15.1. The van der Waals surface area contributed by atoms with Gasteiger partial charge in [-0.15, -0.1) is 10.2 Å². The highest BCUT2D eigenvalue weighted by molar-refractivity contribution is 7.99. The maximum Gasteiger partial charge on any atom is 0.243 e. The van der Waals surface area contributed by atoms with Crippen LogP contribution in [-0.2, 0) is 14.8 Å². The van der Waals surface area contributed by atoms with E-state index in [0.29, 0.717) is 35.6 Å². The van der Waals surface area contributed by atoms with Crippen LogP contribution in [0.4, 0.5) is 0 Å². The molecule has 2 aromatic rings. The molecule has 0 aliphatic heterocycles. The number of rotatable bonds is 12. The van der Waals surface area contributed by atoms with E-state index in [2.05, 4.69) is 29.4 Å². The van der Waals surface area contributed by atoms with Crippen molar-refractivity contribution in [1.29, 1.82) is 0 Å². The maximum atomic E-state index is 12.8. The molecule has 0 aliphatic rings. The molecule has 0 spiro atoms. The van der Waals surface area contributed by atoms with Crippen molar-refractivity contribution >= 4 is 27.7 Å². The highest BCUT2D eigenvalue weighted by Crippen LogP contribution is 2.25. The summed E-state index contributed by atoms with van der Waals surface area (Å²) in [5, 5.41) is 11.5. The second-order valence-electron chi connectivity index (χ2n) is 8.02. The predicted molar refractivity (Wildman–Crippen MR) is 128 cm³/mol. The number of amides is 1. The highest BCUT2D eigenvalue weighted by Gasteiger charge is 2.23. The van der Waals surface area contributed by atoms with E-state index in [4.69, 9.17) is 5.84 Å². The van der Waals surface area contributed by atoms with Gasteiger partial charge in [-0.1, -0.05) is 51.6 Å². The fourth-order valence-corrected chi connectivity index (χ4v) is 5.35. The van der Waals surface area contributed by atoms with E-state index < -0.39 is 10.0 Å². The number of thioether (sulfide) groups is 1. The van der Waals surface area contributed by atoms with Gasteiger partial charge in [0.25, 0.3) is 0 Å². The van der Waals surface area contributed by atoms with Crippen LogP contribution in [0.15, 0.2) is 34.3 Å².